The summed E-state index contributed by atoms with van der Waals surface area (Å²) in [6.45, 7) is 2.93. The van der Waals surface area contributed by atoms with Gasteiger partial charge in [0.05, 0.1) is 6.54 Å². The second kappa shape index (κ2) is 6.55. The lowest BCUT2D eigenvalue weighted by molar-refractivity contribution is 0.0364. The molecule has 2 rings (SSSR count). The fourth-order valence-electron chi connectivity index (χ4n) is 1.88. The van der Waals surface area contributed by atoms with Gasteiger partial charge in [0.15, 0.2) is 11.6 Å². The standard InChI is InChI=1S/C15H15ClF2N2O3/c1-8-3-4-12(23-8)15(2,22)7-19-14(21)20-13-10(17)5-9(16)6-11(13)18/h3-6,22H,7H2,1-2H3,(H2,19,20,21). The van der Waals surface area contributed by atoms with Crippen molar-refractivity contribution in [3.63, 3.8) is 0 Å². The Morgan fingerprint density at radius 1 is 1.35 bits per heavy atom. The van der Waals surface area contributed by atoms with E-state index in [9.17, 15) is 18.7 Å². The Hall–Kier alpha value is -2.12. The van der Waals surface area contributed by atoms with E-state index >= 15 is 0 Å². The maximum absolute atomic E-state index is 13.6. The van der Waals surface area contributed by atoms with Gasteiger partial charge in [-0.15, -0.1) is 0 Å². The topological polar surface area (TPSA) is 74.5 Å². The van der Waals surface area contributed by atoms with Crippen molar-refractivity contribution >= 4 is 23.3 Å². The highest BCUT2D eigenvalue weighted by atomic mass is 35.5. The fourth-order valence-corrected chi connectivity index (χ4v) is 2.07. The van der Waals surface area contributed by atoms with Gasteiger partial charge in [0, 0.05) is 5.02 Å². The molecule has 0 saturated carbocycles. The molecule has 0 fully saturated rings. The number of benzene rings is 1. The molecule has 8 heteroatoms. The molecular weight excluding hydrogens is 330 g/mol. The Morgan fingerprint density at radius 3 is 2.48 bits per heavy atom. The van der Waals surface area contributed by atoms with Gasteiger partial charge in [0.25, 0.3) is 0 Å². The molecule has 0 radical (unpaired) electrons. The van der Waals surface area contributed by atoms with Gasteiger partial charge >= 0.3 is 6.03 Å². The first-order valence-electron chi connectivity index (χ1n) is 6.68. The van der Waals surface area contributed by atoms with E-state index in [0.29, 0.717) is 5.76 Å². The number of hydrogen-bond acceptors (Lipinski definition) is 3. The molecule has 2 amide bonds. The molecule has 0 aliphatic heterocycles. The molecule has 0 aliphatic rings. The summed E-state index contributed by atoms with van der Waals surface area (Å²) in [7, 11) is 0. The van der Waals surface area contributed by atoms with Gasteiger partial charge in [-0.1, -0.05) is 11.6 Å². The number of nitrogens with one attached hydrogen (secondary N) is 2. The van der Waals surface area contributed by atoms with Crippen molar-refractivity contribution in [1.29, 1.82) is 0 Å². The second-order valence-electron chi connectivity index (χ2n) is 5.24. The molecule has 1 atom stereocenters. The van der Waals surface area contributed by atoms with Crippen LogP contribution < -0.4 is 10.6 Å². The number of urea groups is 1. The highest BCUT2D eigenvalue weighted by molar-refractivity contribution is 6.30. The number of rotatable bonds is 4. The summed E-state index contributed by atoms with van der Waals surface area (Å²) < 4.78 is 32.5. The summed E-state index contributed by atoms with van der Waals surface area (Å²) in [5.74, 6) is -1.13. The molecule has 23 heavy (non-hydrogen) atoms. The van der Waals surface area contributed by atoms with Crippen molar-refractivity contribution in [2.24, 2.45) is 0 Å². The van der Waals surface area contributed by atoms with Crippen LogP contribution in [0.2, 0.25) is 5.02 Å². The van der Waals surface area contributed by atoms with Crippen LogP contribution in [0.4, 0.5) is 19.3 Å². The minimum atomic E-state index is -1.47. The summed E-state index contributed by atoms with van der Waals surface area (Å²) in [5.41, 5.74) is -2.09. The number of anilines is 1. The normalized spacial score (nSPS) is 13.5. The molecule has 1 aromatic carbocycles. The van der Waals surface area contributed by atoms with Crippen LogP contribution >= 0.6 is 11.6 Å². The third-order valence-electron chi connectivity index (χ3n) is 3.11. The lowest BCUT2D eigenvalue weighted by atomic mass is 10.0. The van der Waals surface area contributed by atoms with E-state index in [2.05, 4.69) is 5.32 Å². The van der Waals surface area contributed by atoms with Crippen molar-refractivity contribution in [3.05, 3.63) is 52.4 Å². The molecule has 1 unspecified atom stereocenters. The Morgan fingerprint density at radius 2 is 1.96 bits per heavy atom. The number of furan rings is 1. The number of aryl methyl sites for hydroxylation is 1. The molecule has 1 heterocycles. The van der Waals surface area contributed by atoms with Gasteiger partial charge in [-0.05, 0) is 38.1 Å². The summed E-state index contributed by atoms with van der Waals surface area (Å²) in [4.78, 5) is 11.8. The minimum absolute atomic E-state index is 0.123. The second-order valence-corrected chi connectivity index (χ2v) is 5.67. The maximum atomic E-state index is 13.6. The van der Waals surface area contributed by atoms with E-state index in [4.69, 9.17) is 16.0 Å². The molecule has 1 aromatic heterocycles. The first-order valence-corrected chi connectivity index (χ1v) is 7.05. The van der Waals surface area contributed by atoms with E-state index < -0.39 is 29.0 Å². The van der Waals surface area contributed by atoms with Crippen molar-refractivity contribution in [1.82, 2.24) is 5.32 Å². The Bertz CT molecular complexity index is 708. The largest absolute Gasteiger partial charge is 0.463 e. The van der Waals surface area contributed by atoms with Crippen LogP contribution in [0.25, 0.3) is 0 Å². The third-order valence-corrected chi connectivity index (χ3v) is 3.33. The number of aliphatic hydroxyl groups is 1. The van der Waals surface area contributed by atoms with Gasteiger partial charge in [-0.3, -0.25) is 0 Å². The Labute approximate surface area is 136 Å². The van der Waals surface area contributed by atoms with Gasteiger partial charge in [0.2, 0.25) is 0 Å². The predicted octanol–water partition coefficient (Wildman–Crippen LogP) is 3.55. The van der Waals surface area contributed by atoms with Crippen LogP contribution in [0.5, 0.6) is 0 Å². The molecule has 0 saturated heterocycles. The van der Waals surface area contributed by atoms with E-state index in [1.165, 1.54) is 6.92 Å². The summed E-state index contributed by atoms with van der Waals surface area (Å²) in [5, 5.41) is 14.5. The summed E-state index contributed by atoms with van der Waals surface area (Å²) >= 11 is 5.50. The van der Waals surface area contributed by atoms with Crippen LogP contribution in [0, 0.1) is 18.6 Å². The van der Waals surface area contributed by atoms with Gasteiger partial charge < -0.3 is 20.2 Å². The number of hydrogen-bond donors (Lipinski definition) is 3. The van der Waals surface area contributed by atoms with Crippen LogP contribution in [-0.4, -0.2) is 17.7 Å². The molecule has 5 nitrogen and oxygen atoms in total. The average molecular weight is 345 g/mol. The van der Waals surface area contributed by atoms with Crippen LogP contribution in [0.3, 0.4) is 0 Å². The zero-order valence-electron chi connectivity index (χ0n) is 12.4. The minimum Gasteiger partial charge on any atom is -0.463 e. The van der Waals surface area contributed by atoms with Crippen molar-refractivity contribution in [2.45, 2.75) is 19.4 Å². The third kappa shape index (κ3) is 4.20. The number of carbonyl (C=O) groups excluding carboxylic acids is 1. The predicted molar refractivity (Wildman–Crippen MR) is 81.4 cm³/mol. The smallest absolute Gasteiger partial charge is 0.319 e. The summed E-state index contributed by atoms with van der Waals surface area (Å²) in [6, 6.07) is 4.12. The lowest BCUT2D eigenvalue weighted by Gasteiger charge is -2.21. The molecular formula is C15H15ClF2N2O3. The molecule has 0 aliphatic carbocycles. The van der Waals surface area contributed by atoms with Crippen molar-refractivity contribution in [3.8, 4) is 0 Å². The molecule has 0 spiro atoms. The number of halogens is 3. The quantitative estimate of drug-likeness (QED) is 0.794. The number of carbonyl (C=O) groups is 1. The SMILES string of the molecule is Cc1ccc(C(C)(O)CNC(=O)Nc2c(F)cc(Cl)cc2F)o1. The number of amides is 2. The average Bonchev–Trinajstić information content (AvgIpc) is 2.88. The molecule has 124 valence electrons. The molecule has 0 bridgehead atoms. The Kier molecular flexibility index (Phi) is 4.91. The van der Waals surface area contributed by atoms with Crippen molar-refractivity contribution in [2.75, 3.05) is 11.9 Å². The van der Waals surface area contributed by atoms with Crippen molar-refractivity contribution < 1.29 is 23.1 Å². The zero-order chi connectivity index (χ0) is 17.2. The van der Waals surface area contributed by atoms with Crippen LogP contribution in [0.15, 0.2) is 28.7 Å². The van der Waals surface area contributed by atoms with E-state index in [1.54, 1.807) is 19.1 Å². The van der Waals surface area contributed by atoms with Crippen LogP contribution in [0.1, 0.15) is 18.4 Å². The van der Waals surface area contributed by atoms with Crippen LogP contribution in [-0.2, 0) is 5.60 Å². The first kappa shape index (κ1) is 17.2. The highest BCUT2D eigenvalue weighted by Crippen LogP contribution is 2.24. The fraction of sp³-hybridized carbons (Fsp3) is 0.267. The summed E-state index contributed by atoms with van der Waals surface area (Å²) in [6.07, 6.45) is 0. The molecule has 3 N–H and O–H groups in total. The molecule has 2 aromatic rings. The van der Waals surface area contributed by atoms with Gasteiger partial charge in [0.1, 0.15) is 22.8 Å². The maximum Gasteiger partial charge on any atom is 0.319 e. The lowest BCUT2D eigenvalue weighted by Crippen LogP contribution is -2.40. The zero-order valence-corrected chi connectivity index (χ0v) is 13.2. The highest BCUT2D eigenvalue weighted by Gasteiger charge is 2.27. The van der Waals surface area contributed by atoms with E-state index in [0.717, 1.165) is 12.1 Å². The van der Waals surface area contributed by atoms with Gasteiger partial charge in [-0.2, -0.15) is 0 Å². The van der Waals surface area contributed by atoms with E-state index in [1.807, 2.05) is 5.32 Å². The van der Waals surface area contributed by atoms with E-state index in [-0.39, 0.29) is 17.3 Å². The van der Waals surface area contributed by atoms with Gasteiger partial charge in [-0.25, -0.2) is 13.6 Å². The Balaban J connectivity index is 2.01. The first-order chi connectivity index (χ1) is 10.7. The monoisotopic (exact) mass is 344 g/mol.